The van der Waals surface area contributed by atoms with Crippen molar-refractivity contribution in [3.8, 4) is 0 Å². The van der Waals surface area contributed by atoms with Gasteiger partial charge in [-0.05, 0) is 26.2 Å². The molecule has 2 aliphatic heterocycles. The van der Waals surface area contributed by atoms with Crippen LogP contribution in [0, 0.1) is 0 Å². The number of nitrogens with one attached hydrogen (secondary N) is 1. The Bertz CT molecular complexity index is 213. The van der Waals surface area contributed by atoms with Gasteiger partial charge >= 0.3 is 0 Å². The van der Waals surface area contributed by atoms with Gasteiger partial charge in [-0.15, -0.1) is 0 Å². The fraction of sp³-hybridized carbons (Fsp3) is 0.889. The zero-order valence-corrected chi connectivity index (χ0v) is 7.76. The molecule has 2 atom stereocenters. The number of nitrogens with zero attached hydrogens (tertiary/aromatic N) is 1. The Hall–Kier alpha value is -0.570. The molecule has 2 aliphatic rings. The summed E-state index contributed by atoms with van der Waals surface area (Å²) in [5.74, 6) is 0.298. The molecule has 0 aromatic rings. The average Bonchev–Trinajstić information content (AvgIpc) is 2.53. The first-order valence-corrected chi connectivity index (χ1v) is 4.67. The smallest absolute Gasteiger partial charge is 0.242 e. The van der Waals surface area contributed by atoms with Crippen LogP contribution in [-0.4, -0.2) is 36.0 Å². The van der Waals surface area contributed by atoms with E-state index in [0.717, 1.165) is 25.8 Å². The molecule has 2 heterocycles. The molecule has 0 saturated carbocycles. The van der Waals surface area contributed by atoms with E-state index in [-0.39, 0.29) is 5.54 Å². The highest BCUT2D eigenvalue weighted by Gasteiger charge is 2.48. The zero-order chi connectivity index (χ0) is 8.77. The lowest BCUT2D eigenvalue weighted by molar-refractivity contribution is -0.131. The molecule has 3 heteroatoms. The Labute approximate surface area is 73.1 Å². The van der Waals surface area contributed by atoms with Crippen LogP contribution >= 0.6 is 0 Å². The van der Waals surface area contributed by atoms with Crippen molar-refractivity contribution >= 4 is 5.91 Å². The van der Waals surface area contributed by atoms with E-state index in [4.69, 9.17) is 0 Å². The van der Waals surface area contributed by atoms with Crippen molar-refractivity contribution < 1.29 is 4.79 Å². The molecular weight excluding hydrogens is 152 g/mol. The summed E-state index contributed by atoms with van der Waals surface area (Å²) in [6.07, 6.45) is 3.16. The first-order valence-electron chi connectivity index (χ1n) is 4.67. The molecule has 0 bridgehead atoms. The van der Waals surface area contributed by atoms with E-state index in [0.29, 0.717) is 11.9 Å². The van der Waals surface area contributed by atoms with Crippen molar-refractivity contribution in [2.24, 2.45) is 0 Å². The van der Waals surface area contributed by atoms with Gasteiger partial charge in [0.25, 0.3) is 0 Å². The Balaban J connectivity index is 2.18. The minimum Gasteiger partial charge on any atom is -0.344 e. The lowest BCUT2D eigenvalue weighted by Gasteiger charge is -2.22. The van der Waals surface area contributed by atoms with Crippen molar-refractivity contribution in [2.45, 2.75) is 37.8 Å². The molecule has 0 unspecified atom stereocenters. The number of hydrogen-bond donors (Lipinski definition) is 1. The summed E-state index contributed by atoms with van der Waals surface area (Å²) in [6.45, 7) is 3.07. The fourth-order valence-electron chi connectivity index (χ4n) is 2.38. The zero-order valence-electron chi connectivity index (χ0n) is 7.76. The summed E-state index contributed by atoms with van der Waals surface area (Å²) in [5.41, 5.74) is -0.172. The minimum absolute atomic E-state index is 0.172. The molecule has 0 radical (unpaired) electrons. The maximum Gasteiger partial charge on any atom is 0.242 e. The van der Waals surface area contributed by atoms with E-state index in [1.807, 2.05) is 11.9 Å². The molecule has 2 fully saturated rings. The summed E-state index contributed by atoms with van der Waals surface area (Å²) in [6, 6.07) is 0.514. The molecule has 2 saturated heterocycles. The molecule has 3 nitrogen and oxygen atoms in total. The lowest BCUT2D eigenvalue weighted by Crippen LogP contribution is -2.48. The maximum absolute atomic E-state index is 11.7. The monoisotopic (exact) mass is 168 g/mol. The largest absolute Gasteiger partial charge is 0.344 e. The Morgan fingerprint density at radius 2 is 2.33 bits per heavy atom. The Morgan fingerprint density at radius 1 is 1.58 bits per heavy atom. The first-order chi connectivity index (χ1) is 5.64. The third kappa shape index (κ3) is 0.959. The number of carbonyl (C=O) groups is 1. The lowest BCUT2D eigenvalue weighted by atomic mass is 9.96. The Morgan fingerprint density at radius 3 is 2.75 bits per heavy atom. The van der Waals surface area contributed by atoms with Crippen molar-refractivity contribution in [3.05, 3.63) is 0 Å². The second kappa shape index (κ2) is 2.46. The number of amides is 1. The van der Waals surface area contributed by atoms with Crippen LogP contribution in [0.5, 0.6) is 0 Å². The second-order valence-corrected chi connectivity index (χ2v) is 4.14. The summed E-state index contributed by atoms with van der Waals surface area (Å²) < 4.78 is 0. The van der Waals surface area contributed by atoms with Gasteiger partial charge in [0.15, 0.2) is 0 Å². The summed E-state index contributed by atoms with van der Waals surface area (Å²) in [7, 11) is 1.89. The van der Waals surface area contributed by atoms with Gasteiger partial charge in [-0.3, -0.25) is 4.79 Å². The summed E-state index contributed by atoms with van der Waals surface area (Å²) >= 11 is 0. The highest BCUT2D eigenvalue weighted by atomic mass is 16.2. The van der Waals surface area contributed by atoms with E-state index < -0.39 is 0 Å². The molecule has 1 amide bonds. The average molecular weight is 168 g/mol. The van der Waals surface area contributed by atoms with E-state index in [2.05, 4.69) is 12.2 Å². The van der Waals surface area contributed by atoms with Crippen LogP contribution in [0.3, 0.4) is 0 Å². The molecule has 0 aromatic carbocycles. The van der Waals surface area contributed by atoms with Gasteiger partial charge in [0.2, 0.25) is 5.91 Å². The van der Waals surface area contributed by atoms with Crippen molar-refractivity contribution in [1.29, 1.82) is 0 Å². The standard InChI is InChI=1S/C9H16N2O/c1-7-3-4-9(10-7)5-6-11(2)8(9)12/h7,10H,3-6H2,1-2H3/t7-,9-/m1/s1. The van der Waals surface area contributed by atoms with Gasteiger partial charge in [0.1, 0.15) is 0 Å². The molecule has 0 aliphatic carbocycles. The van der Waals surface area contributed by atoms with Gasteiger partial charge in [-0.2, -0.15) is 0 Å². The van der Waals surface area contributed by atoms with Crippen molar-refractivity contribution in [2.75, 3.05) is 13.6 Å². The second-order valence-electron chi connectivity index (χ2n) is 4.14. The third-order valence-corrected chi connectivity index (χ3v) is 3.16. The number of hydrogen-bond acceptors (Lipinski definition) is 2. The number of carbonyl (C=O) groups excluding carboxylic acids is 1. The highest BCUT2D eigenvalue weighted by molar-refractivity contribution is 5.88. The van der Waals surface area contributed by atoms with Crippen LogP contribution in [0.4, 0.5) is 0 Å². The normalized spacial score (nSPS) is 41.7. The van der Waals surface area contributed by atoms with Gasteiger partial charge in [-0.1, -0.05) is 0 Å². The van der Waals surface area contributed by atoms with Gasteiger partial charge in [0, 0.05) is 19.6 Å². The quantitative estimate of drug-likeness (QED) is 0.566. The van der Waals surface area contributed by atoms with E-state index in [1.54, 1.807) is 0 Å². The van der Waals surface area contributed by atoms with Crippen LogP contribution in [0.2, 0.25) is 0 Å². The number of rotatable bonds is 0. The molecule has 1 N–H and O–H groups in total. The van der Waals surface area contributed by atoms with Crippen LogP contribution in [0.15, 0.2) is 0 Å². The van der Waals surface area contributed by atoms with Crippen LogP contribution in [-0.2, 0) is 4.79 Å². The van der Waals surface area contributed by atoms with Gasteiger partial charge < -0.3 is 10.2 Å². The number of likely N-dealkylation sites (N-methyl/N-ethyl adjacent to an activating group) is 1. The predicted octanol–water partition coefficient (Wildman–Crippen LogP) is 0.359. The van der Waals surface area contributed by atoms with Gasteiger partial charge in [-0.25, -0.2) is 0 Å². The molecule has 0 aromatic heterocycles. The SMILES string of the molecule is C[C@@H]1CC[C@]2(CCN(C)C2=O)N1. The number of likely N-dealkylation sites (tertiary alicyclic amines) is 1. The maximum atomic E-state index is 11.7. The summed E-state index contributed by atoms with van der Waals surface area (Å²) in [5, 5.41) is 3.42. The molecule has 2 rings (SSSR count). The van der Waals surface area contributed by atoms with E-state index in [9.17, 15) is 4.79 Å². The summed E-state index contributed by atoms with van der Waals surface area (Å²) in [4.78, 5) is 13.6. The highest BCUT2D eigenvalue weighted by Crippen LogP contribution is 2.32. The Kier molecular flexibility index (Phi) is 1.65. The van der Waals surface area contributed by atoms with Crippen molar-refractivity contribution in [3.63, 3.8) is 0 Å². The molecule has 68 valence electrons. The first kappa shape index (κ1) is 8.05. The fourth-order valence-corrected chi connectivity index (χ4v) is 2.38. The topological polar surface area (TPSA) is 32.3 Å². The molecule has 12 heavy (non-hydrogen) atoms. The molecule has 1 spiro atoms. The van der Waals surface area contributed by atoms with Crippen LogP contribution in [0.25, 0.3) is 0 Å². The van der Waals surface area contributed by atoms with Gasteiger partial charge in [0.05, 0.1) is 5.54 Å². The predicted molar refractivity (Wildman–Crippen MR) is 46.8 cm³/mol. The van der Waals surface area contributed by atoms with Crippen LogP contribution in [0.1, 0.15) is 26.2 Å². The third-order valence-electron chi connectivity index (χ3n) is 3.16. The minimum atomic E-state index is -0.172. The van der Waals surface area contributed by atoms with E-state index >= 15 is 0 Å². The molecular formula is C9H16N2O. The van der Waals surface area contributed by atoms with Crippen LogP contribution < -0.4 is 5.32 Å². The van der Waals surface area contributed by atoms with Crippen molar-refractivity contribution in [1.82, 2.24) is 10.2 Å². The van der Waals surface area contributed by atoms with E-state index in [1.165, 1.54) is 0 Å².